The molecule has 8 heteroatoms. The van der Waals surface area contributed by atoms with Crippen LogP contribution in [0.3, 0.4) is 0 Å². The lowest BCUT2D eigenvalue weighted by Crippen LogP contribution is -2.78. The molecule has 0 spiro atoms. The highest BCUT2D eigenvalue weighted by Crippen LogP contribution is 2.14. The summed E-state index contributed by atoms with van der Waals surface area (Å²) in [6, 6.07) is 25.3. The van der Waals surface area contributed by atoms with E-state index in [1.54, 1.807) is 30.3 Å². The predicted molar refractivity (Wildman–Crippen MR) is 124 cm³/mol. The largest absolute Gasteiger partial charge is 0.313 e. The van der Waals surface area contributed by atoms with Gasteiger partial charge in [0.2, 0.25) is 9.84 Å². The topological polar surface area (TPSA) is 72.2 Å². The van der Waals surface area contributed by atoms with Crippen LogP contribution in [0.1, 0.15) is 5.56 Å². The first-order valence-electron chi connectivity index (χ1n) is 8.72. The molecule has 0 fully saturated rings. The van der Waals surface area contributed by atoms with Gasteiger partial charge in [-0.15, -0.1) is 0 Å². The van der Waals surface area contributed by atoms with E-state index in [-0.39, 0.29) is 10.8 Å². The van der Waals surface area contributed by atoms with Crippen molar-refractivity contribution >= 4 is 54.6 Å². The molecule has 3 aromatic carbocycles. The molecule has 0 saturated carbocycles. The Kier molecular flexibility index (Phi) is 7.13. The van der Waals surface area contributed by atoms with Crippen LogP contribution in [0, 0.1) is 0 Å². The van der Waals surface area contributed by atoms with Gasteiger partial charge in [0.1, 0.15) is 0 Å². The zero-order valence-corrected chi connectivity index (χ0v) is 18.5. The third-order valence-corrected chi connectivity index (χ3v) is 6.19. The van der Waals surface area contributed by atoms with Crippen LogP contribution >= 0.6 is 28.1 Å². The van der Waals surface area contributed by atoms with Gasteiger partial charge in [0.15, 0.2) is 5.88 Å². The molecule has 0 aliphatic heterocycles. The number of amidine groups is 1. The van der Waals surface area contributed by atoms with Crippen molar-refractivity contribution in [1.29, 1.82) is 0 Å². The molecule has 0 bridgehead atoms. The Morgan fingerprint density at radius 2 is 1.48 bits per heavy atom. The van der Waals surface area contributed by atoms with E-state index >= 15 is 0 Å². The molecule has 0 saturated heterocycles. The molecule has 0 atom stereocenters. The number of hydrogen-bond acceptors (Lipinski definition) is 3. The smallest absolute Gasteiger partial charge is 0.282 e. The van der Waals surface area contributed by atoms with Crippen LogP contribution < -0.4 is 15.6 Å². The second-order valence-electron chi connectivity index (χ2n) is 6.08. The minimum atomic E-state index is -3.50. The van der Waals surface area contributed by atoms with Gasteiger partial charge in [0.25, 0.3) is 10.9 Å². The zero-order chi connectivity index (χ0) is 20.7. The molecular weight excluding hydrogens is 470 g/mol. The molecule has 0 aliphatic rings. The number of thiocarbonyl (C=S) groups is 1. The molecule has 0 heterocycles. The zero-order valence-electron chi connectivity index (χ0n) is 15.3. The van der Waals surface area contributed by atoms with Gasteiger partial charge in [-0.3, -0.25) is 4.99 Å². The molecule has 0 unspecified atom stereocenters. The number of halogens is 1. The molecule has 0 aromatic heterocycles. The van der Waals surface area contributed by atoms with Gasteiger partial charge >= 0.3 is 0 Å². The van der Waals surface area contributed by atoms with E-state index in [9.17, 15) is 8.42 Å². The first-order valence-corrected chi connectivity index (χ1v) is 11.6. The Bertz CT molecular complexity index is 1100. The van der Waals surface area contributed by atoms with E-state index in [0.29, 0.717) is 10.9 Å². The third kappa shape index (κ3) is 6.22. The lowest BCUT2D eigenvalue weighted by molar-refractivity contribution is -0.434. The second-order valence-corrected chi connectivity index (χ2v) is 9.39. The lowest BCUT2D eigenvalue weighted by atomic mass is 10.2. The van der Waals surface area contributed by atoms with Crippen molar-refractivity contribution in [1.82, 2.24) is 5.32 Å². The first kappa shape index (κ1) is 21.2. The molecule has 0 aliphatic carbocycles. The minimum Gasteiger partial charge on any atom is -0.313 e. The maximum absolute atomic E-state index is 12.6. The number of anilines is 1. The summed E-state index contributed by atoms with van der Waals surface area (Å²) in [5.74, 6) is 0.231. The molecular formula is C21H19BrN3O2S2+. The Labute approximate surface area is 183 Å². The summed E-state index contributed by atoms with van der Waals surface area (Å²) >= 11 is 8.80. The minimum absolute atomic E-state index is 0.260. The van der Waals surface area contributed by atoms with Gasteiger partial charge in [0.05, 0.1) is 10.5 Å². The van der Waals surface area contributed by atoms with E-state index < -0.39 is 9.84 Å². The normalized spacial score (nSPS) is 11.7. The number of hydrogen-bond donors (Lipinski definition) is 3. The van der Waals surface area contributed by atoms with Crippen molar-refractivity contribution in [2.75, 3.05) is 11.2 Å². The molecule has 0 amide bonds. The summed E-state index contributed by atoms with van der Waals surface area (Å²) in [4.78, 5) is 3.24. The summed E-state index contributed by atoms with van der Waals surface area (Å²) in [6.07, 6.45) is 0. The van der Waals surface area contributed by atoms with Gasteiger partial charge in [-0.25, -0.2) is 13.7 Å². The quantitative estimate of drug-likeness (QED) is 0.292. The monoisotopic (exact) mass is 488 g/mol. The summed E-state index contributed by atoms with van der Waals surface area (Å²) in [5.41, 5.74) is 1.60. The van der Waals surface area contributed by atoms with Crippen LogP contribution in [0.2, 0.25) is 0 Å². The van der Waals surface area contributed by atoms with Crippen LogP contribution in [0.5, 0.6) is 0 Å². The van der Waals surface area contributed by atoms with Gasteiger partial charge in [-0.05, 0) is 60.7 Å². The van der Waals surface area contributed by atoms with Crippen LogP contribution in [0.25, 0.3) is 0 Å². The fourth-order valence-corrected chi connectivity index (χ4v) is 4.07. The molecule has 3 rings (SSSR count). The Morgan fingerprint density at radius 1 is 0.897 bits per heavy atom. The number of rotatable bonds is 5. The van der Waals surface area contributed by atoms with Crippen molar-refractivity contribution in [2.45, 2.75) is 4.90 Å². The van der Waals surface area contributed by atoms with E-state index in [1.807, 2.05) is 54.6 Å². The number of benzene rings is 3. The average molecular weight is 489 g/mol. The molecule has 3 aromatic rings. The van der Waals surface area contributed by atoms with E-state index in [4.69, 9.17) is 12.2 Å². The van der Waals surface area contributed by atoms with Gasteiger partial charge < -0.3 is 5.32 Å². The molecule has 29 heavy (non-hydrogen) atoms. The second kappa shape index (κ2) is 9.78. The predicted octanol–water partition coefficient (Wildman–Crippen LogP) is 2.69. The van der Waals surface area contributed by atoms with Crippen molar-refractivity contribution in [2.24, 2.45) is 0 Å². The lowest BCUT2D eigenvalue weighted by Gasteiger charge is -2.08. The number of sulfone groups is 1. The molecule has 3 N–H and O–H groups in total. The highest BCUT2D eigenvalue weighted by atomic mass is 79.9. The maximum Gasteiger partial charge on any atom is 0.282 e. The maximum atomic E-state index is 12.6. The van der Waals surface area contributed by atoms with Gasteiger partial charge in [-0.1, -0.05) is 52.3 Å². The van der Waals surface area contributed by atoms with Crippen molar-refractivity contribution in [3.63, 3.8) is 0 Å². The summed E-state index contributed by atoms with van der Waals surface area (Å²) < 4.78 is 26.2. The first-order chi connectivity index (χ1) is 13.9. The number of nitrogens with one attached hydrogen (secondary N) is 3. The third-order valence-electron chi connectivity index (χ3n) is 3.94. The van der Waals surface area contributed by atoms with Crippen molar-refractivity contribution < 1.29 is 13.4 Å². The average Bonchev–Trinajstić information content (AvgIpc) is 2.74. The van der Waals surface area contributed by atoms with Crippen LogP contribution in [0.15, 0.2) is 94.3 Å². The van der Waals surface area contributed by atoms with Crippen molar-refractivity contribution in [3.05, 3.63) is 95.0 Å². The summed E-state index contributed by atoms with van der Waals surface area (Å²) in [5, 5.41) is 6.50. The Balaban J connectivity index is 1.80. The Hall–Kier alpha value is -2.55. The van der Waals surface area contributed by atoms with Gasteiger partial charge in [0, 0.05) is 10.2 Å². The van der Waals surface area contributed by atoms with E-state index in [1.165, 1.54) is 0 Å². The van der Waals surface area contributed by atoms with Crippen LogP contribution in [0.4, 0.5) is 5.69 Å². The highest BCUT2D eigenvalue weighted by molar-refractivity contribution is 9.10. The summed E-state index contributed by atoms with van der Waals surface area (Å²) in [7, 11) is -3.50. The van der Waals surface area contributed by atoms with E-state index in [0.717, 1.165) is 15.7 Å². The molecule has 148 valence electrons. The Morgan fingerprint density at radius 3 is 2.10 bits per heavy atom. The highest BCUT2D eigenvalue weighted by Gasteiger charge is 2.18. The SMILES string of the molecule is O=S(=O)(C[NH+]=C(NC(=S)Nc1ccc(Br)cc1)c1ccccc1)c1ccccc1. The van der Waals surface area contributed by atoms with Crippen molar-refractivity contribution in [3.8, 4) is 0 Å². The van der Waals surface area contributed by atoms with E-state index in [2.05, 4.69) is 31.6 Å². The molecule has 5 nitrogen and oxygen atoms in total. The molecule has 0 radical (unpaired) electrons. The van der Waals surface area contributed by atoms with Gasteiger partial charge in [-0.2, -0.15) is 0 Å². The van der Waals surface area contributed by atoms with Crippen LogP contribution in [-0.2, 0) is 9.84 Å². The fourth-order valence-electron chi connectivity index (χ4n) is 2.51. The standard InChI is InChI=1S/C21H18BrN3O2S2/c22-17-11-13-18(14-12-17)24-21(28)25-20(16-7-3-1-4-8-16)23-15-29(26,27)19-9-5-2-6-10-19/h1-14H,15H2,(H2,23,24,25,28)/p+1. The fraction of sp³-hybridized carbons (Fsp3) is 0.0476. The van der Waals surface area contributed by atoms with Crippen LogP contribution in [-0.4, -0.2) is 25.2 Å². The summed E-state index contributed by atoms with van der Waals surface area (Å²) in [6.45, 7) is 0.